The minimum absolute atomic E-state index is 0. The predicted molar refractivity (Wildman–Crippen MR) is 300 cm³/mol. The molecule has 0 spiro atoms. The van der Waals surface area contributed by atoms with Gasteiger partial charge >= 0.3 is 252 Å². The number of imide groups is 8. The van der Waals surface area contributed by atoms with Crippen molar-refractivity contribution >= 4 is 143 Å². The molecule has 0 aliphatic carbocycles. The van der Waals surface area contributed by atoms with Gasteiger partial charge in [0.2, 0.25) is 47.3 Å². The number of barbiturate groups is 4. The van der Waals surface area contributed by atoms with Crippen molar-refractivity contribution in [3.05, 3.63) is 96.4 Å². The van der Waals surface area contributed by atoms with Crippen LogP contribution in [-0.4, -0.2) is 224 Å². The van der Waals surface area contributed by atoms with Crippen LogP contribution >= 0.6 is 0 Å². The van der Waals surface area contributed by atoms with Crippen LogP contribution in [0.3, 0.4) is 0 Å². The van der Waals surface area contributed by atoms with Gasteiger partial charge in [-0.05, 0) is 48.9 Å². The number of nitrogens with zero attached hydrogens (tertiary/aromatic N) is 5. The number of urea groups is 4. The standard InChI is InChI=1S/C24H21N4O15S3.C12H12N2O6S.C12H19N2O6S.7Na.2O3S/c29-19-14(9-12-5-6-17(45(38,39)40)18(10-12)46(41,42)43)21(31)27(23(33)25-19)7-8-28-22(32)15(20(30)26-24(28)34)11-13-3-1-2-4-16(13)44(35,36)37;15-10-9(6-8-4-2-1-3-5-8)11(16)14(12(17)13-10)7-21(18,19)20;1-3-5-6-9-10(15)13(4-2)12(17)14(11(9)16)7-8-21(18,19)20;;;;;;;;2*1-4(2)3/h1,3-6,10,14-15H,7-9,11H2,(H,25,29,33)(H,26,30,34)(H,35,36,37)(H,38,39,40)(H,41,42,43);1-5,9H,6-7H2,(H,13,15,17)(H,18,19,20);9H,2-8H2,1H3,(H,18,19,20);;;;;;;;;/q-1;;-1;7*+1;;/p-5. The summed E-state index contributed by atoms with van der Waals surface area (Å²) in [6, 6.07) is 11.3. The zero-order chi connectivity index (χ0) is 73.3. The van der Waals surface area contributed by atoms with E-state index in [1.54, 1.807) is 30.3 Å². The van der Waals surface area contributed by atoms with Crippen LogP contribution in [0.4, 0.5) is 19.2 Å². The van der Waals surface area contributed by atoms with Crippen molar-refractivity contribution < 1.29 is 355 Å². The van der Waals surface area contributed by atoms with E-state index in [2.05, 4.69) is 13.0 Å². The van der Waals surface area contributed by atoms with Crippen LogP contribution in [0, 0.1) is 36.7 Å². The van der Waals surface area contributed by atoms with E-state index in [1.165, 1.54) is 6.07 Å². The second kappa shape index (κ2) is 48.5. The fourth-order valence-electron chi connectivity index (χ4n) is 8.75. The molecule has 7 rings (SSSR count). The van der Waals surface area contributed by atoms with E-state index in [4.69, 9.17) is 25.3 Å². The van der Waals surface area contributed by atoms with Gasteiger partial charge in [-0.2, -0.15) is 24.3 Å². The number of unbranched alkanes of at least 4 members (excludes halogenated alkanes) is 1. The molecule has 4 saturated heterocycles. The Kier molecular flexibility index (Phi) is 51.6. The number of rotatable bonds is 21. The molecule has 0 aromatic heterocycles. The number of hydrogen-bond donors (Lipinski definition) is 3. The summed E-state index contributed by atoms with van der Waals surface area (Å²) in [5, 5.41) is 5.59. The summed E-state index contributed by atoms with van der Waals surface area (Å²) >= 11 is 0. The molecule has 4 unspecified atom stereocenters. The summed E-state index contributed by atoms with van der Waals surface area (Å²) in [6.45, 7) is 3.16. The van der Waals surface area contributed by atoms with Crippen LogP contribution in [0.2, 0.25) is 0 Å². The van der Waals surface area contributed by atoms with Gasteiger partial charge in [-0.25, -0.2) is 57.7 Å². The first kappa shape index (κ1) is 109. The summed E-state index contributed by atoms with van der Waals surface area (Å²) in [5.41, 5.74) is 0.178. The SMILES string of the molecule is O=C1NC(=O)N(CCN2C(=O)NC(=O)C(Cc3cc[c-]cc3S(=O)(=O)[O-])C2=O)C(=O)C1Cc1ccc(S(=O)(=O)[O-])c(S(=O)(=O)[O-])c1.O=C1NC(=O)N(CS(=O)(=O)[O-])C(=O)C1Cc1ccccc1.O=S(=O)=O.O=S(=O)=O.[CH2-]CN1C(=O)C(CCCC)C(=O)N(CCS(=O)(=O)[O-])C1=O.[Na+].[Na+].[Na+].[Na+].[Na+].[Na+].[Na+]. The maximum Gasteiger partial charge on any atom is 1.00 e. The number of carbonyl (C=O) groups is 12. The van der Waals surface area contributed by atoms with Gasteiger partial charge in [0.1, 0.15) is 59.9 Å². The van der Waals surface area contributed by atoms with Crippen LogP contribution in [0.1, 0.15) is 42.9 Å². The maximum atomic E-state index is 13.2. The molecule has 0 radical (unpaired) electrons. The number of hydrogen-bond acceptors (Lipinski definition) is 33. The number of nitrogens with one attached hydrogen (secondary N) is 3. The molecule has 4 atom stereocenters. The minimum atomic E-state index is -5.52. The van der Waals surface area contributed by atoms with Crippen molar-refractivity contribution in [2.75, 3.05) is 37.8 Å². The molecule has 55 heteroatoms. The third kappa shape index (κ3) is 34.8. The quantitative estimate of drug-likeness (QED) is 0.0386. The van der Waals surface area contributed by atoms with Crippen molar-refractivity contribution in [1.29, 1.82) is 0 Å². The molecule has 4 heterocycles. The normalized spacial score (nSPS) is 17.4. The first-order chi connectivity index (χ1) is 44.2. The predicted octanol–water partition coefficient (Wildman–Crippen LogP) is -26.2. The van der Waals surface area contributed by atoms with Crippen LogP contribution in [0.5, 0.6) is 0 Å². The van der Waals surface area contributed by atoms with Crippen molar-refractivity contribution in [3.8, 4) is 0 Å². The second-order valence-electron chi connectivity index (χ2n) is 19.4. The van der Waals surface area contributed by atoms with Gasteiger partial charge in [0.25, 0.3) is 0 Å². The van der Waals surface area contributed by atoms with Crippen molar-refractivity contribution in [2.24, 2.45) is 23.7 Å². The van der Waals surface area contributed by atoms with E-state index < -0.39 is 226 Å². The topological polar surface area (TPSA) is 646 Å². The van der Waals surface area contributed by atoms with Gasteiger partial charge in [0.15, 0.2) is 0 Å². The fourth-order valence-corrected chi connectivity index (χ4v) is 12.2. The Hall–Kier alpha value is -2.11. The molecule has 0 bridgehead atoms. The summed E-state index contributed by atoms with van der Waals surface area (Å²) in [6.07, 6.45) is 0.342. The summed E-state index contributed by atoms with van der Waals surface area (Å²) in [7, 11) is -31.6. The monoisotopic (exact) mass is 1650 g/mol. The molecular weight excluding hydrogens is 1600 g/mol. The van der Waals surface area contributed by atoms with Crippen molar-refractivity contribution in [3.63, 3.8) is 0 Å². The Morgan fingerprint density at radius 1 is 0.456 bits per heavy atom. The number of amides is 16. The Bertz CT molecular complexity index is 4460. The molecule has 4 aliphatic rings. The van der Waals surface area contributed by atoms with Crippen LogP contribution in [-0.2, 0) is 129 Å². The van der Waals surface area contributed by atoms with Gasteiger partial charge in [-0.1, -0.05) is 67.6 Å². The van der Waals surface area contributed by atoms with Gasteiger partial charge < -0.3 is 29.7 Å². The largest absolute Gasteiger partial charge is 1.00 e. The first-order valence-corrected chi connectivity index (χ1v) is 35.4. The Morgan fingerprint density at radius 3 is 1.24 bits per heavy atom. The molecule has 16 amide bonds. The molecule has 0 saturated carbocycles. The number of carbonyl (C=O) groups excluding carboxylic acids is 12. The summed E-state index contributed by atoms with van der Waals surface area (Å²) in [4.78, 5) is 147. The molecule has 3 N–H and O–H groups in total. The van der Waals surface area contributed by atoms with E-state index in [0.29, 0.717) is 38.8 Å². The first-order valence-electron chi connectivity index (χ1n) is 26.1. The van der Waals surface area contributed by atoms with E-state index in [9.17, 15) is 122 Å². The second-order valence-corrected chi connectivity index (χ2v) is 27.1. The zero-order valence-electron chi connectivity index (χ0n) is 55.4. The molecule has 103 heavy (non-hydrogen) atoms. The van der Waals surface area contributed by atoms with E-state index in [-0.39, 0.29) is 242 Å². The third-order valence-corrected chi connectivity index (χ3v) is 17.1. The Morgan fingerprint density at radius 2 is 0.845 bits per heavy atom. The van der Waals surface area contributed by atoms with Gasteiger partial charge in [-0.15, -0.1) is 30.8 Å². The molecule has 3 aromatic rings. The van der Waals surface area contributed by atoms with Crippen molar-refractivity contribution in [2.45, 2.75) is 60.1 Å². The van der Waals surface area contributed by atoms with E-state index in [1.807, 2.05) is 22.9 Å². The number of benzene rings is 3. The van der Waals surface area contributed by atoms with Crippen LogP contribution in [0.25, 0.3) is 0 Å². The average molecular weight is 1650 g/mol. The van der Waals surface area contributed by atoms with Crippen LogP contribution < -0.4 is 223 Å². The van der Waals surface area contributed by atoms with Gasteiger partial charge in [0, 0.05) is 19.6 Å². The Labute approximate surface area is 745 Å². The fraction of sp³-hybridized carbons (Fsp3) is 0.354. The van der Waals surface area contributed by atoms with Crippen LogP contribution in [0.15, 0.2) is 81.4 Å². The molecule has 4 aliphatic heterocycles. The molecule has 41 nitrogen and oxygen atoms in total. The van der Waals surface area contributed by atoms with Crippen molar-refractivity contribution in [1.82, 2.24) is 40.4 Å². The summed E-state index contributed by atoms with van der Waals surface area (Å²) in [5.74, 6) is -15.8. The third-order valence-electron chi connectivity index (χ3n) is 13.0. The minimum Gasteiger partial charge on any atom is -0.754 e. The smallest absolute Gasteiger partial charge is 0.754 e. The Balaban J connectivity index is -0.000000472. The molecular formula is C48H47N8Na7O33S7. The molecule has 4 fully saturated rings. The van der Waals surface area contributed by atoms with Gasteiger partial charge in [-0.3, -0.25) is 82.3 Å². The van der Waals surface area contributed by atoms with E-state index >= 15 is 0 Å². The molecule has 3 aromatic carbocycles. The molecule has 526 valence electrons. The average Bonchev–Trinajstić information content (AvgIpc) is 0.801. The zero-order valence-corrected chi connectivity index (χ0v) is 75.1. The van der Waals surface area contributed by atoms with Gasteiger partial charge in [0.05, 0.1) is 35.8 Å². The maximum absolute atomic E-state index is 13.2. The summed E-state index contributed by atoms with van der Waals surface area (Å²) < 4.78 is 218. The van der Waals surface area contributed by atoms with E-state index in [0.717, 1.165) is 29.5 Å².